The summed E-state index contributed by atoms with van der Waals surface area (Å²) in [5.41, 5.74) is 0.967. The van der Waals surface area contributed by atoms with Crippen LogP contribution in [0.3, 0.4) is 0 Å². The molecule has 0 aliphatic carbocycles. The predicted molar refractivity (Wildman–Crippen MR) is 65.0 cm³/mol. The zero-order valence-electron chi connectivity index (χ0n) is 9.19. The van der Waals surface area contributed by atoms with Crippen LogP contribution in [-0.2, 0) is 5.88 Å². The lowest BCUT2D eigenvalue weighted by Crippen LogP contribution is -2.34. The molecule has 96 valence electrons. The molecule has 1 aromatic rings. The minimum atomic E-state index is -4.27. The molecular formula is C11H12Cl2F3N. The van der Waals surface area contributed by atoms with Crippen LogP contribution in [-0.4, -0.2) is 19.3 Å². The van der Waals surface area contributed by atoms with Gasteiger partial charge in [-0.3, -0.25) is 0 Å². The molecule has 6 heteroatoms. The zero-order chi connectivity index (χ0) is 13.1. The molecule has 1 nitrogen and oxygen atoms in total. The van der Waals surface area contributed by atoms with Gasteiger partial charge in [-0.1, -0.05) is 23.7 Å². The van der Waals surface area contributed by atoms with Crippen LogP contribution in [0, 0.1) is 0 Å². The molecule has 0 saturated heterocycles. The molecule has 0 fully saturated rings. The van der Waals surface area contributed by atoms with Crippen molar-refractivity contribution in [1.82, 2.24) is 0 Å². The van der Waals surface area contributed by atoms with E-state index in [0.29, 0.717) is 11.3 Å². The van der Waals surface area contributed by atoms with Crippen LogP contribution < -0.4 is 4.90 Å². The monoisotopic (exact) mass is 285 g/mol. The molecule has 0 aliphatic rings. The Hall–Kier alpha value is -0.610. The van der Waals surface area contributed by atoms with Crippen molar-refractivity contribution in [3.8, 4) is 0 Å². The lowest BCUT2D eigenvalue weighted by atomic mass is 10.1. The van der Waals surface area contributed by atoms with E-state index in [1.807, 2.05) is 0 Å². The molecule has 0 atom stereocenters. The maximum Gasteiger partial charge on any atom is 0.405 e. The molecule has 17 heavy (non-hydrogen) atoms. The number of para-hydroxylation sites is 1. The van der Waals surface area contributed by atoms with E-state index in [1.54, 1.807) is 25.1 Å². The summed E-state index contributed by atoms with van der Waals surface area (Å²) in [5, 5.41) is 0.286. The molecular weight excluding hydrogens is 274 g/mol. The van der Waals surface area contributed by atoms with Crippen LogP contribution in [0.25, 0.3) is 0 Å². The summed E-state index contributed by atoms with van der Waals surface area (Å²) < 4.78 is 37.3. The molecule has 0 N–H and O–H groups in total. The topological polar surface area (TPSA) is 3.24 Å². The Morgan fingerprint density at radius 1 is 1.29 bits per heavy atom. The Balaban J connectivity index is 3.11. The first-order valence-corrected chi connectivity index (χ1v) is 5.95. The minimum Gasteiger partial charge on any atom is -0.361 e. The Morgan fingerprint density at radius 2 is 1.94 bits per heavy atom. The molecule has 1 rings (SSSR count). The van der Waals surface area contributed by atoms with E-state index in [9.17, 15) is 13.2 Å². The predicted octanol–water partition coefficient (Wildman–Crippen LogP) is 4.47. The van der Waals surface area contributed by atoms with Crippen molar-refractivity contribution in [2.75, 3.05) is 18.0 Å². The fraction of sp³-hybridized carbons (Fsp3) is 0.455. The number of rotatable bonds is 4. The van der Waals surface area contributed by atoms with E-state index in [-0.39, 0.29) is 17.4 Å². The van der Waals surface area contributed by atoms with Gasteiger partial charge in [-0.15, -0.1) is 11.6 Å². The van der Waals surface area contributed by atoms with Gasteiger partial charge in [0.25, 0.3) is 0 Å². The van der Waals surface area contributed by atoms with Gasteiger partial charge in [0.2, 0.25) is 0 Å². The third kappa shape index (κ3) is 3.96. The summed E-state index contributed by atoms with van der Waals surface area (Å²) in [6.07, 6.45) is -4.27. The smallest absolute Gasteiger partial charge is 0.361 e. The summed E-state index contributed by atoms with van der Waals surface area (Å²) in [7, 11) is 0. The lowest BCUT2D eigenvalue weighted by molar-refractivity contribution is -0.119. The Bertz CT molecular complexity index is 379. The number of anilines is 1. The van der Waals surface area contributed by atoms with Crippen LogP contribution in [0.1, 0.15) is 12.5 Å². The number of nitrogens with zero attached hydrogens (tertiary/aromatic N) is 1. The highest BCUT2D eigenvalue weighted by atomic mass is 35.5. The highest BCUT2D eigenvalue weighted by Crippen LogP contribution is 2.32. The largest absolute Gasteiger partial charge is 0.405 e. The zero-order valence-corrected chi connectivity index (χ0v) is 10.7. The average molecular weight is 286 g/mol. The SMILES string of the molecule is CCN(CC(F)(F)F)c1c(Cl)cccc1CCl. The van der Waals surface area contributed by atoms with E-state index >= 15 is 0 Å². The van der Waals surface area contributed by atoms with Gasteiger partial charge in [-0.2, -0.15) is 13.2 Å². The number of benzene rings is 1. The first-order chi connectivity index (χ1) is 7.89. The third-order valence-corrected chi connectivity index (χ3v) is 2.88. The molecule has 0 saturated carbocycles. The normalized spacial score (nSPS) is 11.6. The van der Waals surface area contributed by atoms with Gasteiger partial charge in [-0.05, 0) is 18.6 Å². The third-order valence-electron chi connectivity index (χ3n) is 2.28. The van der Waals surface area contributed by atoms with Gasteiger partial charge < -0.3 is 4.90 Å². The van der Waals surface area contributed by atoms with Gasteiger partial charge in [0.15, 0.2) is 0 Å². The van der Waals surface area contributed by atoms with Gasteiger partial charge in [0.05, 0.1) is 10.7 Å². The van der Waals surface area contributed by atoms with Crippen molar-refractivity contribution in [2.45, 2.75) is 19.0 Å². The van der Waals surface area contributed by atoms with Crippen LogP contribution in [0.15, 0.2) is 18.2 Å². The van der Waals surface area contributed by atoms with Gasteiger partial charge in [0, 0.05) is 12.4 Å². The molecule has 0 amide bonds. The van der Waals surface area contributed by atoms with Gasteiger partial charge in [-0.25, -0.2) is 0 Å². The van der Waals surface area contributed by atoms with E-state index < -0.39 is 12.7 Å². The average Bonchev–Trinajstić information content (AvgIpc) is 2.24. The highest BCUT2D eigenvalue weighted by Gasteiger charge is 2.31. The number of hydrogen-bond donors (Lipinski definition) is 0. The molecule has 0 radical (unpaired) electrons. The second kappa shape index (κ2) is 5.83. The Labute approximate surface area is 108 Å². The Morgan fingerprint density at radius 3 is 2.41 bits per heavy atom. The second-order valence-electron chi connectivity index (χ2n) is 3.51. The number of hydrogen-bond acceptors (Lipinski definition) is 1. The van der Waals surface area contributed by atoms with Crippen LogP contribution in [0.5, 0.6) is 0 Å². The fourth-order valence-corrected chi connectivity index (χ4v) is 2.12. The summed E-state index contributed by atoms with van der Waals surface area (Å²) in [4.78, 5) is 1.18. The first kappa shape index (κ1) is 14.5. The number of alkyl halides is 4. The summed E-state index contributed by atoms with van der Waals surface area (Å²) in [5.74, 6) is 0.129. The molecule has 0 spiro atoms. The fourth-order valence-electron chi connectivity index (χ4n) is 1.59. The Kier molecular flexibility index (Phi) is 4.95. The van der Waals surface area contributed by atoms with Crippen LogP contribution >= 0.6 is 23.2 Å². The van der Waals surface area contributed by atoms with Crippen molar-refractivity contribution in [2.24, 2.45) is 0 Å². The van der Waals surface area contributed by atoms with E-state index in [1.165, 1.54) is 4.90 Å². The second-order valence-corrected chi connectivity index (χ2v) is 4.19. The van der Waals surface area contributed by atoms with Crippen molar-refractivity contribution < 1.29 is 13.2 Å². The van der Waals surface area contributed by atoms with Crippen LogP contribution in [0.2, 0.25) is 5.02 Å². The molecule has 0 heterocycles. The molecule has 0 aromatic heterocycles. The van der Waals surface area contributed by atoms with E-state index in [0.717, 1.165) is 0 Å². The van der Waals surface area contributed by atoms with E-state index in [2.05, 4.69) is 0 Å². The van der Waals surface area contributed by atoms with Crippen molar-refractivity contribution in [3.05, 3.63) is 28.8 Å². The van der Waals surface area contributed by atoms with Gasteiger partial charge >= 0.3 is 6.18 Å². The van der Waals surface area contributed by atoms with Gasteiger partial charge in [0.1, 0.15) is 6.54 Å². The molecule has 0 unspecified atom stereocenters. The number of halogens is 5. The van der Waals surface area contributed by atoms with Crippen LogP contribution in [0.4, 0.5) is 18.9 Å². The maximum absolute atomic E-state index is 12.4. The molecule has 0 bridgehead atoms. The molecule has 1 aromatic carbocycles. The maximum atomic E-state index is 12.4. The quantitative estimate of drug-likeness (QED) is 0.738. The highest BCUT2D eigenvalue weighted by molar-refractivity contribution is 6.33. The van der Waals surface area contributed by atoms with Crippen molar-refractivity contribution in [3.63, 3.8) is 0 Å². The summed E-state index contributed by atoms with van der Waals surface area (Å²) in [6.45, 7) is 0.831. The summed E-state index contributed by atoms with van der Waals surface area (Å²) >= 11 is 11.7. The summed E-state index contributed by atoms with van der Waals surface area (Å²) in [6, 6.07) is 4.91. The first-order valence-electron chi connectivity index (χ1n) is 5.04. The lowest BCUT2D eigenvalue weighted by Gasteiger charge is -2.27. The van der Waals surface area contributed by atoms with Crippen molar-refractivity contribution in [1.29, 1.82) is 0 Å². The standard InChI is InChI=1S/C11H12Cl2F3N/c1-2-17(7-11(14,15)16)10-8(6-12)4-3-5-9(10)13/h3-5H,2,6-7H2,1H3. The van der Waals surface area contributed by atoms with Crippen molar-refractivity contribution >= 4 is 28.9 Å². The van der Waals surface area contributed by atoms with E-state index in [4.69, 9.17) is 23.2 Å². The minimum absolute atomic E-state index is 0.129. The molecule has 0 aliphatic heterocycles.